The normalized spacial score (nSPS) is 32.3. The Morgan fingerprint density at radius 2 is 1.95 bits per heavy atom. The summed E-state index contributed by atoms with van der Waals surface area (Å²) in [7, 11) is 0. The number of aryl methyl sites for hydroxylation is 1. The number of esters is 1. The van der Waals surface area contributed by atoms with Gasteiger partial charge in [-0.15, -0.1) is 0 Å². The molecule has 114 valence electrons. The van der Waals surface area contributed by atoms with Gasteiger partial charge in [-0.25, -0.2) is 0 Å². The standard InChI is InChI=1S/C18H25NO2/c1-13-9-11-18(19,12-10-13)17(20)21-16-8-4-6-14-5-2-3-7-15(14)16/h2-3,5,7,13,16H,4,6,8-12,19H2,1H3. The van der Waals surface area contributed by atoms with Gasteiger partial charge in [-0.05, 0) is 62.0 Å². The zero-order valence-corrected chi connectivity index (χ0v) is 12.8. The Morgan fingerprint density at radius 3 is 2.71 bits per heavy atom. The molecule has 1 aromatic rings. The molecule has 1 atom stereocenters. The molecule has 0 heterocycles. The fourth-order valence-electron chi connectivity index (χ4n) is 3.56. The Morgan fingerprint density at radius 1 is 1.24 bits per heavy atom. The Balaban J connectivity index is 1.71. The number of benzene rings is 1. The lowest BCUT2D eigenvalue weighted by Crippen LogP contribution is -2.51. The van der Waals surface area contributed by atoms with Crippen LogP contribution in [-0.2, 0) is 16.0 Å². The second-order valence-corrected chi connectivity index (χ2v) is 6.82. The summed E-state index contributed by atoms with van der Waals surface area (Å²) in [6, 6.07) is 8.29. The number of ether oxygens (including phenoxy) is 1. The van der Waals surface area contributed by atoms with Crippen molar-refractivity contribution >= 4 is 5.97 Å². The Hall–Kier alpha value is -1.35. The van der Waals surface area contributed by atoms with Crippen molar-refractivity contribution in [2.75, 3.05) is 0 Å². The van der Waals surface area contributed by atoms with Gasteiger partial charge in [0.2, 0.25) is 0 Å². The van der Waals surface area contributed by atoms with Crippen LogP contribution in [0, 0.1) is 5.92 Å². The summed E-state index contributed by atoms with van der Waals surface area (Å²) in [4.78, 5) is 12.6. The highest BCUT2D eigenvalue weighted by Gasteiger charge is 2.40. The second-order valence-electron chi connectivity index (χ2n) is 6.82. The van der Waals surface area contributed by atoms with E-state index in [0.717, 1.165) is 44.9 Å². The van der Waals surface area contributed by atoms with Crippen molar-refractivity contribution in [2.45, 2.75) is 63.5 Å². The molecule has 0 bridgehead atoms. The number of nitrogens with two attached hydrogens (primary N) is 1. The summed E-state index contributed by atoms with van der Waals surface area (Å²) >= 11 is 0. The van der Waals surface area contributed by atoms with Gasteiger partial charge >= 0.3 is 5.97 Å². The second kappa shape index (κ2) is 5.80. The maximum Gasteiger partial charge on any atom is 0.326 e. The number of carbonyl (C=O) groups excluding carboxylic acids is 1. The quantitative estimate of drug-likeness (QED) is 0.847. The first kappa shape index (κ1) is 14.6. The van der Waals surface area contributed by atoms with Crippen LogP contribution in [0.5, 0.6) is 0 Å². The molecule has 3 heteroatoms. The van der Waals surface area contributed by atoms with Crippen molar-refractivity contribution in [3.05, 3.63) is 35.4 Å². The van der Waals surface area contributed by atoms with Gasteiger partial charge in [0.05, 0.1) is 0 Å². The van der Waals surface area contributed by atoms with Gasteiger partial charge < -0.3 is 10.5 Å². The lowest BCUT2D eigenvalue weighted by Gasteiger charge is -2.36. The zero-order chi connectivity index (χ0) is 14.9. The maximum absolute atomic E-state index is 12.6. The summed E-state index contributed by atoms with van der Waals surface area (Å²) in [6.07, 6.45) is 6.50. The van der Waals surface area contributed by atoms with Gasteiger partial charge in [-0.2, -0.15) is 0 Å². The van der Waals surface area contributed by atoms with E-state index in [4.69, 9.17) is 10.5 Å². The van der Waals surface area contributed by atoms with Crippen LogP contribution < -0.4 is 5.73 Å². The van der Waals surface area contributed by atoms with Crippen LogP contribution in [0.3, 0.4) is 0 Å². The van der Waals surface area contributed by atoms with Crippen molar-refractivity contribution in [3.8, 4) is 0 Å². The lowest BCUT2D eigenvalue weighted by molar-refractivity contribution is -0.158. The molecule has 1 unspecified atom stereocenters. The first-order valence-corrected chi connectivity index (χ1v) is 8.16. The van der Waals surface area contributed by atoms with Crippen LogP contribution in [0.1, 0.15) is 62.7 Å². The summed E-state index contributed by atoms with van der Waals surface area (Å²) in [5.41, 5.74) is 8.04. The summed E-state index contributed by atoms with van der Waals surface area (Å²) < 4.78 is 5.83. The molecule has 0 aliphatic heterocycles. The largest absolute Gasteiger partial charge is 0.456 e. The molecule has 2 aliphatic carbocycles. The van der Waals surface area contributed by atoms with Crippen LogP contribution in [0.25, 0.3) is 0 Å². The van der Waals surface area contributed by atoms with Crippen molar-refractivity contribution in [1.82, 2.24) is 0 Å². The Labute approximate surface area is 126 Å². The maximum atomic E-state index is 12.6. The third-order valence-electron chi connectivity index (χ3n) is 5.14. The van der Waals surface area contributed by atoms with Crippen LogP contribution >= 0.6 is 0 Å². The SMILES string of the molecule is CC1CCC(N)(C(=O)OC2CCCc3ccccc32)CC1. The molecule has 0 spiro atoms. The zero-order valence-electron chi connectivity index (χ0n) is 12.8. The van der Waals surface area contributed by atoms with Gasteiger partial charge in [0, 0.05) is 0 Å². The molecule has 0 saturated heterocycles. The smallest absolute Gasteiger partial charge is 0.326 e. The van der Waals surface area contributed by atoms with Crippen LogP contribution in [-0.4, -0.2) is 11.5 Å². The minimum atomic E-state index is -0.765. The average Bonchev–Trinajstić information content (AvgIpc) is 2.51. The van der Waals surface area contributed by atoms with Crippen molar-refractivity contribution in [1.29, 1.82) is 0 Å². The molecule has 1 aromatic carbocycles. The topological polar surface area (TPSA) is 52.3 Å². The van der Waals surface area contributed by atoms with Crippen LogP contribution in [0.2, 0.25) is 0 Å². The number of rotatable bonds is 2. The molecule has 2 N–H and O–H groups in total. The molecule has 1 fully saturated rings. The van der Waals surface area contributed by atoms with E-state index >= 15 is 0 Å². The van der Waals surface area contributed by atoms with Crippen LogP contribution in [0.15, 0.2) is 24.3 Å². The van der Waals surface area contributed by atoms with Crippen molar-refractivity contribution in [3.63, 3.8) is 0 Å². The summed E-state index contributed by atoms with van der Waals surface area (Å²) in [5.74, 6) is 0.473. The van der Waals surface area contributed by atoms with E-state index in [0.29, 0.717) is 5.92 Å². The predicted molar refractivity (Wildman–Crippen MR) is 82.8 cm³/mol. The predicted octanol–water partition coefficient (Wildman–Crippen LogP) is 3.51. The van der Waals surface area contributed by atoms with Gasteiger partial charge in [0.25, 0.3) is 0 Å². The summed E-state index contributed by atoms with van der Waals surface area (Å²) in [6.45, 7) is 2.22. The number of hydrogen-bond acceptors (Lipinski definition) is 3. The van der Waals surface area contributed by atoms with E-state index in [2.05, 4.69) is 25.1 Å². The van der Waals surface area contributed by atoms with E-state index in [1.807, 2.05) is 6.07 Å². The average molecular weight is 287 g/mol. The fraction of sp³-hybridized carbons (Fsp3) is 0.611. The molecule has 0 aromatic heterocycles. The third-order valence-corrected chi connectivity index (χ3v) is 5.14. The highest BCUT2D eigenvalue weighted by Crippen LogP contribution is 2.36. The van der Waals surface area contributed by atoms with Crippen molar-refractivity contribution < 1.29 is 9.53 Å². The minimum Gasteiger partial charge on any atom is -0.456 e. The molecule has 3 rings (SSSR count). The van der Waals surface area contributed by atoms with E-state index in [9.17, 15) is 4.79 Å². The molecule has 3 nitrogen and oxygen atoms in total. The summed E-state index contributed by atoms with van der Waals surface area (Å²) in [5, 5.41) is 0. The first-order chi connectivity index (χ1) is 10.1. The van der Waals surface area contributed by atoms with Gasteiger partial charge in [-0.3, -0.25) is 4.79 Å². The molecule has 2 aliphatic rings. The number of hydrogen-bond donors (Lipinski definition) is 1. The highest BCUT2D eigenvalue weighted by atomic mass is 16.5. The lowest BCUT2D eigenvalue weighted by atomic mass is 9.78. The van der Waals surface area contributed by atoms with Crippen molar-refractivity contribution in [2.24, 2.45) is 11.7 Å². The molecule has 0 amide bonds. The molecule has 1 saturated carbocycles. The highest BCUT2D eigenvalue weighted by molar-refractivity contribution is 5.81. The monoisotopic (exact) mass is 287 g/mol. The van der Waals surface area contributed by atoms with E-state index in [1.165, 1.54) is 11.1 Å². The number of fused-ring (bicyclic) bond motifs is 1. The number of carbonyl (C=O) groups is 1. The fourth-order valence-corrected chi connectivity index (χ4v) is 3.56. The van der Waals surface area contributed by atoms with E-state index in [-0.39, 0.29) is 12.1 Å². The Bertz CT molecular complexity index is 518. The molecule has 0 radical (unpaired) electrons. The van der Waals surface area contributed by atoms with Gasteiger partial charge in [-0.1, -0.05) is 31.2 Å². The first-order valence-electron chi connectivity index (χ1n) is 8.16. The molecular formula is C18H25NO2. The minimum absolute atomic E-state index is 0.109. The van der Waals surface area contributed by atoms with Crippen LogP contribution in [0.4, 0.5) is 0 Å². The third kappa shape index (κ3) is 2.98. The van der Waals surface area contributed by atoms with Gasteiger partial charge in [0.15, 0.2) is 0 Å². The van der Waals surface area contributed by atoms with E-state index < -0.39 is 5.54 Å². The molecule has 21 heavy (non-hydrogen) atoms. The van der Waals surface area contributed by atoms with E-state index in [1.54, 1.807) is 0 Å². The Kier molecular flexibility index (Phi) is 4.03. The van der Waals surface area contributed by atoms with Gasteiger partial charge in [0.1, 0.15) is 11.6 Å². The molecular weight excluding hydrogens is 262 g/mol.